The Morgan fingerprint density at radius 3 is 2.88 bits per heavy atom. The number of halogens is 1. The standard InChI is InChI=1S/C18H24ClN3O2/c1-3-4-5-6-10-20-18(23)16-9-11-22(21-16)13-24-17-8-7-15(19)12-14(17)2/h7-9,11-12H,3-6,10,13H2,1-2H3,(H,20,23). The first-order valence-corrected chi connectivity index (χ1v) is 8.68. The molecule has 6 heteroatoms. The van der Waals surface area contributed by atoms with Gasteiger partial charge in [-0.15, -0.1) is 0 Å². The van der Waals surface area contributed by atoms with Crippen molar-refractivity contribution in [3.8, 4) is 5.75 Å². The largest absolute Gasteiger partial charge is 0.471 e. The van der Waals surface area contributed by atoms with Crippen LogP contribution in [0, 0.1) is 6.92 Å². The van der Waals surface area contributed by atoms with Gasteiger partial charge in [-0.2, -0.15) is 5.10 Å². The van der Waals surface area contributed by atoms with E-state index in [0.29, 0.717) is 17.3 Å². The van der Waals surface area contributed by atoms with Crippen LogP contribution in [-0.4, -0.2) is 22.2 Å². The lowest BCUT2D eigenvalue weighted by Gasteiger charge is -2.09. The molecule has 0 aliphatic rings. The molecular formula is C18H24ClN3O2. The van der Waals surface area contributed by atoms with Crippen LogP contribution in [0.2, 0.25) is 5.02 Å². The van der Waals surface area contributed by atoms with Gasteiger partial charge in [-0.25, -0.2) is 4.68 Å². The summed E-state index contributed by atoms with van der Waals surface area (Å²) in [6.07, 6.45) is 6.26. The van der Waals surface area contributed by atoms with Crippen molar-refractivity contribution in [1.29, 1.82) is 0 Å². The highest BCUT2D eigenvalue weighted by Crippen LogP contribution is 2.21. The molecule has 0 saturated heterocycles. The third-order valence-electron chi connectivity index (χ3n) is 3.68. The van der Waals surface area contributed by atoms with Crippen molar-refractivity contribution in [2.75, 3.05) is 6.54 Å². The van der Waals surface area contributed by atoms with Crippen molar-refractivity contribution in [1.82, 2.24) is 15.1 Å². The number of carbonyl (C=O) groups excluding carboxylic acids is 1. The molecule has 24 heavy (non-hydrogen) atoms. The van der Waals surface area contributed by atoms with E-state index in [1.54, 1.807) is 23.0 Å². The predicted molar refractivity (Wildman–Crippen MR) is 95.5 cm³/mol. The number of ether oxygens (including phenoxy) is 1. The SMILES string of the molecule is CCCCCCNC(=O)c1ccn(COc2ccc(Cl)cc2C)n1. The first-order valence-electron chi connectivity index (χ1n) is 8.30. The Hall–Kier alpha value is -2.01. The average molecular weight is 350 g/mol. The summed E-state index contributed by atoms with van der Waals surface area (Å²) in [4.78, 5) is 12.0. The Morgan fingerprint density at radius 1 is 1.29 bits per heavy atom. The summed E-state index contributed by atoms with van der Waals surface area (Å²) >= 11 is 5.92. The van der Waals surface area contributed by atoms with E-state index >= 15 is 0 Å². The third-order valence-corrected chi connectivity index (χ3v) is 3.91. The van der Waals surface area contributed by atoms with Crippen LogP contribution < -0.4 is 10.1 Å². The summed E-state index contributed by atoms with van der Waals surface area (Å²) in [7, 11) is 0. The lowest BCUT2D eigenvalue weighted by molar-refractivity contribution is 0.0946. The number of aromatic nitrogens is 2. The monoisotopic (exact) mass is 349 g/mol. The van der Waals surface area contributed by atoms with Gasteiger partial charge in [0.25, 0.3) is 5.91 Å². The molecule has 1 amide bonds. The molecule has 0 saturated carbocycles. The molecule has 0 aliphatic carbocycles. The number of nitrogens with zero attached hydrogens (tertiary/aromatic N) is 2. The molecule has 0 spiro atoms. The summed E-state index contributed by atoms with van der Waals surface area (Å²) in [6.45, 7) is 5.03. The second-order valence-electron chi connectivity index (χ2n) is 5.74. The maximum Gasteiger partial charge on any atom is 0.271 e. The van der Waals surface area contributed by atoms with Gasteiger partial charge in [0.2, 0.25) is 0 Å². The highest BCUT2D eigenvalue weighted by molar-refractivity contribution is 6.30. The summed E-state index contributed by atoms with van der Waals surface area (Å²) in [5.41, 5.74) is 1.36. The molecule has 0 atom stereocenters. The highest BCUT2D eigenvalue weighted by Gasteiger charge is 2.09. The number of nitrogens with one attached hydrogen (secondary N) is 1. The van der Waals surface area contributed by atoms with Crippen LogP contribution in [0.3, 0.4) is 0 Å². The maximum absolute atomic E-state index is 12.0. The first kappa shape index (κ1) is 18.3. The normalized spacial score (nSPS) is 10.6. The van der Waals surface area contributed by atoms with Crippen LogP contribution in [0.25, 0.3) is 0 Å². The van der Waals surface area contributed by atoms with Crippen molar-refractivity contribution in [2.45, 2.75) is 46.3 Å². The number of hydrogen-bond donors (Lipinski definition) is 1. The van der Waals surface area contributed by atoms with Crippen LogP contribution in [0.1, 0.15) is 48.7 Å². The number of amides is 1. The Bertz CT molecular complexity index is 670. The molecule has 0 aliphatic heterocycles. The fourth-order valence-electron chi connectivity index (χ4n) is 2.31. The van der Waals surface area contributed by atoms with E-state index in [2.05, 4.69) is 17.3 Å². The predicted octanol–water partition coefficient (Wildman–Crippen LogP) is 4.19. The Labute approximate surface area is 148 Å². The molecule has 2 aromatic rings. The number of aryl methyl sites for hydroxylation is 1. The lowest BCUT2D eigenvalue weighted by atomic mass is 10.2. The van der Waals surface area contributed by atoms with Gasteiger partial charge in [-0.1, -0.05) is 37.8 Å². The molecule has 5 nitrogen and oxygen atoms in total. The van der Waals surface area contributed by atoms with Gasteiger partial charge in [0.1, 0.15) is 11.4 Å². The van der Waals surface area contributed by atoms with Gasteiger partial charge in [0.05, 0.1) is 0 Å². The Kier molecular flexibility index (Phi) is 7.12. The van der Waals surface area contributed by atoms with Crippen LogP contribution in [-0.2, 0) is 6.73 Å². The molecule has 0 bridgehead atoms. The second-order valence-corrected chi connectivity index (χ2v) is 6.18. The lowest BCUT2D eigenvalue weighted by Crippen LogP contribution is -2.25. The van der Waals surface area contributed by atoms with Crippen LogP contribution in [0.5, 0.6) is 5.75 Å². The van der Waals surface area contributed by atoms with E-state index in [-0.39, 0.29) is 12.6 Å². The quantitative estimate of drug-likeness (QED) is 0.690. The average Bonchev–Trinajstić information content (AvgIpc) is 3.03. The number of rotatable bonds is 9. The van der Waals surface area contributed by atoms with Gasteiger partial charge in [-0.3, -0.25) is 4.79 Å². The number of hydrogen-bond acceptors (Lipinski definition) is 3. The second kappa shape index (κ2) is 9.33. The van der Waals surface area contributed by atoms with E-state index in [1.165, 1.54) is 12.8 Å². The molecular weight excluding hydrogens is 326 g/mol. The van der Waals surface area contributed by atoms with E-state index in [9.17, 15) is 4.79 Å². The topological polar surface area (TPSA) is 56.2 Å². The summed E-state index contributed by atoms with van der Waals surface area (Å²) in [6, 6.07) is 7.15. The molecule has 2 rings (SSSR count). The Morgan fingerprint density at radius 2 is 2.12 bits per heavy atom. The number of benzene rings is 1. The maximum atomic E-state index is 12.0. The molecule has 1 aromatic carbocycles. The molecule has 0 radical (unpaired) electrons. The first-order chi connectivity index (χ1) is 11.6. The van der Waals surface area contributed by atoms with E-state index < -0.39 is 0 Å². The van der Waals surface area contributed by atoms with Crippen molar-refractivity contribution >= 4 is 17.5 Å². The summed E-state index contributed by atoms with van der Waals surface area (Å²) in [5.74, 6) is 0.602. The highest BCUT2D eigenvalue weighted by atomic mass is 35.5. The fourth-order valence-corrected chi connectivity index (χ4v) is 2.54. The molecule has 1 heterocycles. The van der Waals surface area contributed by atoms with Crippen LogP contribution >= 0.6 is 11.6 Å². The minimum Gasteiger partial charge on any atom is -0.471 e. The minimum absolute atomic E-state index is 0.145. The zero-order valence-electron chi connectivity index (χ0n) is 14.2. The molecule has 1 N–H and O–H groups in total. The minimum atomic E-state index is -0.145. The number of carbonyl (C=O) groups is 1. The van der Waals surface area contributed by atoms with E-state index in [1.807, 2.05) is 19.1 Å². The van der Waals surface area contributed by atoms with E-state index in [4.69, 9.17) is 16.3 Å². The van der Waals surface area contributed by atoms with Crippen molar-refractivity contribution < 1.29 is 9.53 Å². The van der Waals surface area contributed by atoms with Crippen LogP contribution in [0.15, 0.2) is 30.5 Å². The molecule has 0 fully saturated rings. The van der Waals surface area contributed by atoms with Crippen molar-refractivity contribution in [3.63, 3.8) is 0 Å². The third kappa shape index (κ3) is 5.57. The zero-order chi connectivity index (χ0) is 17.4. The summed E-state index contributed by atoms with van der Waals surface area (Å²) in [5, 5.41) is 7.81. The van der Waals surface area contributed by atoms with Crippen molar-refractivity contribution in [3.05, 3.63) is 46.7 Å². The van der Waals surface area contributed by atoms with Crippen molar-refractivity contribution in [2.24, 2.45) is 0 Å². The molecule has 130 valence electrons. The number of unbranched alkanes of at least 4 members (excludes halogenated alkanes) is 3. The smallest absolute Gasteiger partial charge is 0.271 e. The Balaban J connectivity index is 1.81. The van der Waals surface area contributed by atoms with Crippen LogP contribution in [0.4, 0.5) is 0 Å². The van der Waals surface area contributed by atoms with Gasteiger partial charge >= 0.3 is 0 Å². The fraction of sp³-hybridized carbons (Fsp3) is 0.444. The van der Waals surface area contributed by atoms with Gasteiger partial charge in [-0.05, 0) is 43.2 Å². The van der Waals surface area contributed by atoms with Gasteiger partial charge < -0.3 is 10.1 Å². The van der Waals surface area contributed by atoms with E-state index in [0.717, 1.165) is 24.2 Å². The summed E-state index contributed by atoms with van der Waals surface area (Å²) < 4.78 is 7.30. The van der Waals surface area contributed by atoms with Gasteiger partial charge in [0.15, 0.2) is 6.73 Å². The molecule has 1 aromatic heterocycles. The van der Waals surface area contributed by atoms with Gasteiger partial charge in [0, 0.05) is 17.8 Å². The zero-order valence-corrected chi connectivity index (χ0v) is 15.0. The molecule has 0 unspecified atom stereocenters.